The van der Waals surface area contributed by atoms with Crippen LogP contribution < -0.4 is 5.32 Å². The third-order valence-electron chi connectivity index (χ3n) is 2.60. The highest BCUT2D eigenvalue weighted by Gasteiger charge is 2.08. The predicted molar refractivity (Wildman–Crippen MR) is 66.3 cm³/mol. The molecule has 0 radical (unpaired) electrons. The molecule has 1 N–H and O–H groups in total. The van der Waals surface area contributed by atoms with Gasteiger partial charge >= 0.3 is 0 Å². The van der Waals surface area contributed by atoms with Gasteiger partial charge in [-0.2, -0.15) is 0 Å². The van der Waals surface area contributed by atoms with Gasteiger partial charge in [0.25, 0.3) is 0 Å². The Morgan fingerprint density at radius 2 is 2.25 bits per heavy atom. The van der Waals surface area contributed by atoms with Crippen LogP contribution in [0.5, 0.6) is 0 Å². The Morgan fingerprint density at radius 1 is 1.50 bits per heavy atom. The summed E-state index contributed by atoms with van der Waals surface area (Å²) in [7, 11) is 0. The lowest BCUT2D eigenvalue weighted by Gasteiger charge is -2.10. The molecule has 0 amide bonds. The van der Waals surface area contributed by atoms with Crippen LogP contribution in [-0.2, 0) is 6.54 Å². The number of rotatable bonds is 7. The zero-order valence-corrected chi connectivity index (χ0v) is 10.5. The van der Waals surface area contributed by atoms with Gasteiger partial charge in [-0.3, -0.25) is 0 Å². The second-order valence-electron chi connectivity index (χ2n) is 4.52. The molecule has 1 unspecified atom stereocenters. The van der Waals surface area contributed by atoms with Crippen molar-refractivity contribution in [2.75, 3.05) is 0 Å². The largest absolute Gasteiger partial charge is 0.360 e. The van der Waals surface area contributed by atoms with E-state index in [2.05, 4.69) is 37.8 Å². The highest BCUT2D eigenvalue weighted by atomic mass is 16.5. The molecule has 3 nitrogen and oxygen atoms in total. The molecular weight excluding hydrogens is 200 g/mol. The maximum atomic E-state index is 5.25. The number of nitrogens with zero attached hydrogens (tertiary/aromatic N) is 1. The van der Waals surface area contributed by atoms with Crippen LogP contribution >= 0.6 is 0 Å². The van der Waals surface area contributed by atoms with Gasteiger partial charge in [-0.25, -0.2) is 0 Å². The monoisotopic (exact) mass is 222 g/mol. The Hall–Kier alpha value is -1.09. The fourth-order valence-electron chi connectivity index (χ4n) is 1.43. The minimum atomic E-state index is 0.427. The van der Waals surface area contributed by atoms with E-state index in [9.17, 15) is 0 Å². The summed E-state index contributed by atoms with van der Waals surface area (Å²) >= 11 is 0. The minimum Gasteiger partial charge on any atom is -0.360 e. The van der Waals surface area contributed by atoms with Crippen LogP contribution in [0, 0.1) is 0 Å². The SMILES string of the molecule is C=CCCC(C)NCc1cc(C(C)C)no1. The van der Waals surface area contributed by atoms with Crippen LogP contribution in [0.25, 0.3) is 0 Å². The molecule has 0 spiro atoms. The van der Waals surface area contributed by atoms with Gasteiger partial charge in [0.1, 0.15) is 0 Å². The number of nitrogens with one attached hydrogen (secondary N) is 1. The van der Waals surface area contributed by atoms with E-state index in [1.807, 2.05) is 12.1 Å². The molecule has 1 rings (SSSR count). The summed E-state index contributed by atoms with van der Waals surface area (Å²) < 4.78 is 5.25. The van der Waals surface area contributed by atoms with E-state index < -0.39 is 0 Å². The van der Waals surface area contributed by atoms with E-state index in [-0.39, 0.29) is 0 Å². The Labute approximate surface area is 97.9 Å². The van der Waals surface area contributed by atoms with Crippen molar-refractivity contribution >= 4 is 0 Å². The van der Waals surface area contributed by atoms with Gasteiger partial charge in [-0.1, -0.05) is 25.1 Å². The first kappa shape index (κ1) is 13.0. The van der Waals surface area contributed by atoms with Gasteiger partial charge in [0, 0.05) is 12.1 Å². The van der Waals surface area contributed by atoms with Crippen molar-refractivity contribution in [3.05, 3.63) is 30.2 Å². The van der Waals surface area contributed by atoms with Crippen LogP contribution in [0.15, 0.2) is 23.2 Å². The molecule has 0 aliphatic carbocycles. The van der Waals surface area contributed by atoms with Crippen molar-refractivity contribution in [3.63, 3.8) is 0 Å². The first-order chi connectivity index (χ1) is 7.63. The Balaban J connectivity index is 2.33. The second kappa shape index (κ2) is 6.48. The zero-order valence-electron chi connectivity index (χ0n) is 10.5. The van der Waals surface area contributed by atoms with Crippen LogP contribution in [-0.4, -0.2) is 11.2 Å². The molecular formula is C13H22N2O. The van der Waals surface area contributed by atoms with Crippen LogP contribution in [0.1, 0.15) is 51.0 Å². The summed E-state index contributed by atoms with van der Waals surface area (Å²) in [6, 6.07) is 2.50. The average Bonchev–Trinajstić information content (AvgIpc) is 2.72. The van der Waals surface area contributed by atoms with E-state index in [0.29, 0.717) is 12.0 Å². The Kier molecular flexibility index (Phi) is 5.26. The van der Waals surface area contributed by atoms with Crippen LogP contribution in [0.2, 0.25) is 0 Å². The van der Waals surface area contributed by atoms with Crippen LogP contribution in [0.4, 0.5) is 0 Å². The minimum absolute atomic E-state index is 0.427. The molecule has 0 saturated heterocycles. The summed E-state index contributed by atoms with van der Waals surface area (Å²) in [4.78, 5) is 0. The maximum absolute atomic E-state index is 5.25. The second-order valence-corrected chi connectivity index (χ2v) is 4.52. The molecule has 1 atom stereocenters. The van der Waals surface area contributed by atoms with Gasteiger partial charge in [0.05, 0.1) is 12.2 Å². The van der Waals surface area contributed by atoms with Gasteiger partial charge in [-0.05, 0) is 25.7 Å². The molecule has 1 aromatic heterocycles. The lowest BCUT2D eigenvalue weighted by atomic mass is 10.1. The molecule has 3 heteroatoms. The Bertz CT molecular complexity index is 317. The average molecular weight is 222 g/mol. The molecule has 1 heterocycles. The highest BCUT2D eigenvalue weighted by molar-refractivity contribution is 5.08. The maximum Gasteiger partial charge on any atom is 0.150 e. The molecule has 16 heavy (non-hydrogen) atoms. The fourth-order valence-corrected chi connectivity index (χ4v) is 1.43. The molecule has 0 saturated carbocycles. The molecule has 0 aliphatic rings. The van der Waals surface area contributed by atoms with Crippen molar-refractivity contribution in [1.82, 2.24) is 10.5 Å². The van der Waals surface area contributed by atoms with Crippen molar-refractivity contribution in [3.8, 4) is 0 Å². The van der Waals surface area contributed by atoms with E-state index in [4.69, 9.17) is 4.52 Å². The highest BCUT2D eigenvalue weighted by Crippen LogP contribution is 2.14. The van der Waals surface area contributed by atoms with E-state index >= 15 is 0 Å². The summed E-state index contributed by atoms with van der Waals surface area (Å²) in [5.41, 5.74) is 1.02. The predicted octanol–water partition coefficient (Wildman–Crippen LogP) is 3.24. The van der Waals surface area contributed by atoms with E-state index in [1.54, 1.807) is 0 Å². The van der Waals surface area contributed by atoms with E-state index in [0.717, 1.165) is 30.8 Å². The van der Waals surface area contributed by atoms with Crippen molar-refractivity contribution < 1.29 is 4.52 Å². The summed E-state index contributed by atoms with van der Waals surface area (Å²) in [5, 5.41) is 7.43. The summed E-state index contributed by atoms with van der Waals surface area (Å²) in [6.45, 7) is 10.9. The van der Waals surface area contributed by atoms with Crippen molar-refractivity contribution in [1.29, 1.82) is 0 Å². The molecule has 90 valence electrons. The first-order valence-corrected chi connectivity index (χ1v) is 5.93. The number of aromatic nitrogens is 1. The third kappa shape index (κ3) is 4.19. The standard InChI is InChI=1S/C13H22N2O/c1-5-6-7-11(4)14-9-12-8-13(10(2)3)15-16-12/h5,8,10-11,14H,1,6-7,9H2,2-4H3. The third-order valence-corrected chi connectivity index (χ3v) is 2.60. The lowest BCUT2D eigenvalue weighted by molar-refractivity contribution is 0.356. The van der Waals surface area contributed by atoms with Gasteiger partial charge in [0.2, 0.25) is 0 Å². The number of allylic oxidation sites excluding steroid dienone is 1. The number of hydrogen-bond donors (Lipinski definition) is 1. The van der Waals surface area contributed by atoms with Gasteiger partial charge in [0.15, 0.2) is 5.76 Å². The van der Waals surface area contributed by atoms with E-state index in [1.165, 1.54) is 0 Å². The fraction of sp³-hybridized carbons (Fsp3) is 0.615. The van der Waals surface area contributed by atoms with Crippen LogP contribution in [0.3, 0.4) is 0 Å². The molecule has 0 bridgehead atoms. The normalized spacial score (nSPS) is 13.0. The van der Waals surface area contributed by atoms with Crippen molar-refractivity contribution in [2.24, 2.45) is 0 Å². The van der Waals surface area contributed by atoms with Crippen molar-refractivity contribution in [2.45, 2.75) is 52.1 Å². The number of hydrogen-bond acceptors (Lipinski definition) is 3. The summed E-state index contributed by atoms with van der Waals surface area (Å²) in [6.07, 6.45) is 4.10. The molecule has 0 aliphatic heterocycles. The molecule has 1 aromatic rings. The smallest absolute Gasteiger partial charge is 0.150 e. The van der Waals surface area contributed by atoms with Gasteiger partial charge in [-0.15, -0.1) is 6.58 Å². The topological polar surface area (TPSA) is 38.1 Å². The molecule has 0 aromatic carbocycles. The lowest BCUT2D eigenvalue weighted by Crippen LogP contribution is -2.24. The zero-order chi connectivity index (χ0) is 12.0. The van der Waals surface area contributed by atoms with Gasteiger partial charge < -0.3 is 9.84 Å². The summed E-state index contributed by atoms with van der Waals surface area (Å²) in [5.74, 6) is 1.34. The molecule has 0 fully saturated rings. The Morgan fingerprint density at radius 3 is 2.81 bits per heavy atom. The quantitative estimate of drug-likeness (QED) is 0.720. The first-order valence-electron chi connectivity index (χ1n) is 5.93.